The first-order valence-corrected chi connectivity index (χ1v) is 8.44. The predicted molar refractivity (Wildman–Crippen MR) is 89.0 cm³/mol. The molecule has 0 radical (unpaired) electrons. The normalized spacial score (nSPS) is 22.2. The van der Waals surface area contributed by atoms with Crippen molar-refractivity contribution in [1.82, 2.24) is 15.1 Å². The number of carbonyl (C=O) groups is 2. The number of hydrogen-bond donors (Lipinski definition) is 1. The van der Waals surface area contributed by atoms with Gasteiger partial charge in [0.1, 0.15) is 6.04 Å². The molecule has 23 heavy (non-hydrogen) atoms. The van der Waals surface area contributed by atoms with E-state index in [0.717, 1.165) is 43.6 Å². The van der Waals surface area contributed by atoms with E-state index in [2.05, 4.69) is 5.32 Å². The first kappa shape index (κ1) is 16.0. The smallest absolute Gasteiger partial charge is 0.255 e. The Bertz CT molecular complexity index is 600. The van der Waals surface area contributed by atoms with Gasteiger partial charge in [0.15, 0.2) is 0 Å². The van der Waals surface area contributed by atoms with Gasteiger partial charge in [0.25, 0.3) is 5.91 Å². The van der Waals surface area contributed by atoms with Crippen molar-refractivity contribution in [2.24, 2.45) is 5.92 Å². The quantitative estimate of drug-likeness (QED) is 0.916. The summed E-state index contributed by atoms with van der Waals surface area (Å²) in [5.74, 6) is 0.563. The standard InChI is InChI=1S/C18H25N3O2/c1-13(17(22)20-9-5-6-14(11-20)10-19-2)21-12-15-7-3-4-8-16(15)18(21)23/h3-4,7-8,13-14,19H,5-6,9-12H2,1-2H3/t13-,14?/m1/s1. The van der Waals surface area contributed by atoms with Crippen LogP contribution in [0, 0.1) is 5.92 Å². The van der Waals surface area contributed by atoms with Gasteiger partial charge in [-0.25, -0.2) is 0 Å². The Morgan fingerprint density at radius 2 is 2.17 bits per heavy atom. The average Bonchev–Trinajstić information content (AvgIpc) is 2.91. The molecule has 2 heterocycles. The summed E-state index contributed by atoms with van der Waals surface area (Å²) in [6, 6.07) is 7.23. The van der Waals surface area contributed by atoms with E-state index in [1.165, 1.54) is 0 Å². The van der Waals surface area contributed by atoms with Crippen molar-refractivity contribution >= 4 is 11.8 Å². The van der Waals surface area contributed by atoms with Crippen LogP contribution in [0.3, 0.4) is 0 Å². The van der Waals surface area contributed by atoms with Gasteiger partial charge in [0.2, 0.25) is 5.91 Å². The SMILES string of the molecule is CNCC1CCCN(C(=O)[C@@H](C)N2Cc3ccccc3C2=O)C1. The topological polar surface area (TPSA) is 52.7 Å². The number of rotatable bonds is 4. The molecular formula is C18H25N3O2. The molecule has 1 saturated heterocycles. The molecule has 3 rings (SSSR count). The minimum Gasteiger partial charge on any atom is -0.341 e. The summed E-state index contributed by atoms with van der Waals surface area (Å²) in [6.45, 7) is 4.92. The molecule has 2 atom stereocenters. The summed E-state index contributed by atoms with van der Waals surface area (Å²) < 4.78 is 0. The van der Waals surface area contributed by atoms with Crippen molar-refractivity contribution in [2.75, 3.05) is 26.7 Å². The zero-order valence-corrected chi connectivity index (χ0v) is 13.9. The van der Waals surface area contributed by atoms with Crippen molar-refractivity contribution in [1.29, 1.82) is 0 Å². The molecule has 0 aliphatic carbocycles. The van der Waals surface area contributed by atoms with Gasteiger partial charge >= 0.3 is 0 Å². The number of likely N-dealkylation sites (tertiary alicyclic amines) is 1. The first-order valence-electron chi connectivity index (χ1n) is 8.44. The molecule has 2 aliphatic rings. The molecule has 1 unspecified atom stereocenters. The van der Waals surface area contributed by atoms with E-state index in [9.17, 15) is 9.59 Å². The van der Waals surface area contributed by atoms with E-state index in [0.29, 0.717) is 12.5 Å². The highest BCUT2D eigenvalue weighted by atomic mass is 16.2. The van der Waals surface area contributed by atoms with Gasteiger partial charge in [-0.1, -0.05) is 18.2 Å². The Morgan fingerprint density at radius 1 is 1.39 bits per heavy atom. The summed E-state index contributed by atoms with van der Waals surface area (Å²) in [5.41, 5.74) is 1.75. The Morgan fingerprint density at radius 3 is 2.91 bits per heavy atom. The van der Waals surface area contributed by atoms with Crippen molar-refractivity contribution in [3.8, 4) is 0 Å². The van der Waals surface area contributed by atoms with Crippen LogP contribution in [0.2, 0.25) is 0 Å². The summed E-state index contributed by atoms with van der Waals surface area (Å²) in [7, 11) is 1.95. The number of fused-ring (bicyclic) bond motifs is 1. The number of amides is 2. The lowest BCUT2D eigenvalue weighted by Crippen LogP contribution is -2.51. The number of hydrogen-bond acceptors (Lipinski definition) is 3. The second kappa shape index (κ2) is 6.71. The zero-order valence-electron chi connectivity index (χ0n) is 13.9. The molecule has 0 bridgehead atoms. The highest BCUT2D eigenvalue weighted by molar-refractivity contribution is 6.01. The van der Waals surface area contributed by atoms with Crippen molar-refractivity contribution < 1.29 is 9.59 Å². The monoisotopic (exact) mass is 315 g/mol. The van der Waals surface area contributed by atoms with Gasteiger partial charge in [-0.05, 0) is 50.9 Å². The molecule has 1 fully saturated rings. The molecule has 2 aliphatic heterocycles. The second-order valence-corrected chi connectivity index (χ2v) is 6.62. The molecule has 1 N–H and O–H groups in total. The van der Waals surface area contributed by atoms with E-state index < -0.39 is 6.04 Å². The van der Waals surface area contributed by atoms with E-state index in [1.807, 2.05) is 43.1 Å². The molecule has 2 amide bonds. The molecule has 0 spiro atoms. The van der Waals surface area contributed by atoms with Gasteiger partial charge in [0, 0.05) is 25.2 Å². The molecule has 124 valence electrons. The third kappa shape index (κ3) is 3.11. The Hall–Kier alpha value is -1.88. The summed E-state index contributed by atoms with van der Waals surface area (Å²) in [6.07, 6.45) is 2.20. The fourth-order valence-corrected chi connectivity index (χ4v) is 3.71. The number of benzene rings is 1. The first-order chi connectivity index (χ1) is 11.1. The third-order valence-electron chi connectivity index (χ3n) is 5.00. The Balaban J connectivity index is 1.68. The lowest BCUT2D eigenvalue weighted by Gasteiger charge is -2.36. The van der Waals surface area contributed by atoms with Gasteiger partial charge in [-0.3, -0.25) is 9.59 Å². The van der Waals surface area contributed by atoms with Gasteiger partial charge in [0.05, 0.1) is 0 Å². The van der Waals surface area contributed by atoms with Crippen LogP contribution in [-0.2, 0) is 11.3 Å². The average molecular weight is 315 g/mol. The lowest BCUT2D eigenvalue weighted by atomic mass is 9.97. The number of carbonyl (C=O) groups excluding carboxylic acids is 2. The van der Waals surface area contributed by atoms with Crippen LogP contribution in [0.5, 0.6) is 0 Å². The number of nitrogens with zero attached hydrogens (tertiary/aromatic N) is 2. The lowest BCUT2D eigenvalue weighted by molar-refractivity contribution is -0.137. The number of piperidine rings is 1. The maximum atomic E-state index is 12.8. The van der Waals surface area contributed by atoms with Crippen LogP contribution in [0.25, 0.3) is 0 Å². The fraction of sp³-hybridized carbons (Fsp3) is 0.556. The van der Waals surface area contributed by atoms with Gasteiger partial charge in [-0.2, -0.15) is 0 Å². The highest BCUT2D eigenvalue weighted by Crippen LogP contribution is 2.26. The number of nitrogens with one attached hydrogen (secondary N) is 1. The van der Waals surface area contributed by atoms with Crippen LogP contribution in [0.15, 0.2) is 24.3 Å². The zero-order chi connectivity index (χ0) is 16.4. The molecule has 5 heteroatoms. The Labute approximate surface area is 137 Å². The van der Waals surface area contributed by atoms with Crippen LogP contribution in [-0.4, -0.2) is 54.3 Å². The van der Waals surface area contributed by atoms with Crippen molar-refractivity contribution in [3.63, 3.8) is 0 Å². The minimum absolute atomic E-state index is 0.0229. The molecule has 1 aromatic carbocycles. The van der Waals surface area contributed by atoms with Crippen molar-refractivity contribution in [2.45, 2.75) is 32.4 Å². The van der Waals surface area contributed by atoms with Crippen molar-refractivity contribution in [3.05, 3.63) is 35.4 Å². The van der Waals surface area contributed by atoms with Crippen LogP contribution in [0.4, 0.5) is 0 Å². The van der Waals surface area contributed by atoms with Crippen LogP contribution < -0.4 is 5.32 Å². The summed E-state index contributed by atoms with van der Waals surface area (Å²) >= 11 is 0. The minimum atomic E-state index is -0.400. The van der Waals surface area contributed by atoms with E-state index in [4.69, 9.17) is 0 Å². The highest BCUT2D eigenvalue weighted by Gasteiger charge is 2.36. The predicted octanol–water partition coefficient (Wildman–Crippen LogP) is 1.49. The van der Waals surface area contributed by atoms with Crippen LogP contribution in [0.1, 0.15) is 35.7 Å². The largest absolute Gasteiger partial charge is 0.341 e. The van der Waals surface area contributed by atoms with E-state index in [-0.39, 0.29) is 11.8 Å². The van der Waals surface area contributed by atoms with Crippen LogP contribution >= 0.6 is 0 Å². The van der Waals surface area contributed by atoms with E-state index >= 15 is 0 Å². The third-order valence-corrected chi connectivity index (χ3v) is 5.00. The van der Waals surface area contributed by atoms with Gasteiger partial charge < -0.3 is 15.1 Å². The molecule has 5 nitrogen and oxygen atoms in total. The summed E-state index contributed by atoms with van der Waals surface area (Å²) in [5, 5.41) is 3.20. The molecule has 0 saturated carbocycles. The van der Waals surface area contributed by atoms with Gasteiger partial charge in [-0.15, -0.1) is 0 Å². The molecular weight excluding hydrogens is 290 g/mol. The second-order valence-electron chi connectivity index (χ2n) is 6.62. The van der Waals surface area contributed by atoms with E-state index in [1.54, 1.807) is 4.90 Å². The summed E-state index contributed by atoms with van der Waals surface area (Å²) in [4.78, 5) is 29.0. The maximum Gasteiger partial charge on any atom is 0.255 e. The fourth-order valence-electron chi connectivity index (χ4n) is 3.71. The maximum absolute atomic E-state index is 12.8. The molecule has 0 aromatic heterocycles. The Kier molecular flexibility index (Phi) is 4.66. The molecule has 1 aromatic rings.